The fraction of sp³-hybridized carbons (Fsp3) is 0. The minimum atomic E-state index is 0. The largest absolute Gasteiger partial charge is 0.693 e. The quantitative estimate of drug-likeness (QED) is 0.178. The zero-order chi connectivity index (χ0) is 26.6. The summed E-state index contributed by atoms with van der Waals surface area (Å²) in [5, 5.41) is 1.88. The van der Waals surface area contributed by atoms with Crippen LogP contribution in [0.2, 0.25) is 0 Å². The molecular formula is C31H25CoN12-5. The van der Waals surface area contributed by atoms with Gasteiger partial charge in [-0.15, -0.1) is 0 Å². The predicted octanol–water partition coefficient (Wildman–Crippen LogP) is 8.75. The molecule has 10 N–H and O–H groups in total. The molecule has 223 valence electrons. The van der Waals surface area contributed by atoms with Crippen molar-refractivity contribution in [3.63, 3.8) is 0 Å². The van der Waals surface area contributed by atoms with Gasteiger partial charge in [-0.1, -0.05) is 24.3 Å². The van der Waals surface area contributed by atoms with Gasteiger partial charge in [0.15, 0.2) is 0 Å². The maximum absolute atomic E-state index is 4.99. The van der Waals surface area contributed by atoms with Gasteiger partial charge in [0, 0.05) is 5.39 Å². The third-order valence-electron chi connectivity index (χ3n) is 6.86. The van der Waals surface area contributed by atoms with Crippen molar-refractivity contribution in [2.24, 2.45) is 0 Å². The van der Waals surface area contributed by atoms with Crippen molar-refractivity contribution in [1.29, 1.82) is 0 Å². The molecule has 3 aromatic carbocycles. The summed E-state index contributed by atoms with van der Waals surface area (Å²) in [6.07, 6.45) is 3.68. The number of aromatic nitrogens is 8. The molecule has 0 atom stereocenters. The Hall–Kier alpha value is -5.28. The Bertz CT molecular complexity index is 2220. The van der Waals surface area contributed by atoms with E-state index in [2.05, 4.69) is 31.3 Å². The second kappa shape index (κ2) is 12.5. The van der Waals surface area contributed by atoms with E-state index in [1.54, 1.807) is 4.96 Å². The van der Waals surface area contributed by atoms with E-state index in [4.69, 9.17) is 29.9 Å². The molecule has 8 bridgehead atoms. The van der Waals surface area contributed by atoms with Crippen LogP contribution in [0, 0.1) is 6.07 Å². The standard InChI is InChI=1S/C31H17N8.Co.4H2N/c1-2-9-17-16-24-32-25(17)34-27-20-12-5-6-13-21(20)29(36-27)38-31-23-15-8-7-14-22(23)30(39-31)37-28-19-11-4-3-10-18(19)26(33-24)35-28;;;;;/h1-15H,(H2,32,33,34,35,36,37,38,39);;4*1H2/q-1;;4*-1/b9-2-;;;;;. The van der Waals surface area contributed by atoms with E-state index in [1.165, 1.54) is 0 Å². The molecule has 44 heavy (non-hydrogen) atoms. The summed E-state index contributed by atoms with van der Waals surface area (Å²) in [5.41, 5.74) is 6.70. The van der Waals surface area contributed by atoms with Crippen LogP contribution in [0.3, 0.4) is 0 Å². The van der Waals surface area contributed by atoms with Crippen molar-refractivity contribution in [2.75, 3.05) is 0 Å². The molecule has 2 aliphatic rings. The number of allylic oxidation sites excluding steroid dienone is 1. The molecule has 6 aromatic rings. The number of nitrogens with two attached hydrogens (primary N) is 4. The minimum Gasteiger partial charge on any atom is -0.693 e. The molecule has 5 heterocycles. The van der Waals surface area contributed by atoms with Crippen LogP contribution in [-0.4, -0.2) is 44.8 Å². The molecule has 0 spiro atoms. The van der Waals surface area contributed by atoms with Crippen molar-refractivity contribution >= 4 is 44.4 Å². The molecule has 0 radical (unpaired) electrons. The molecule has 8 rings (SSSR count). The van der Waals surface area contributed by atoms with Gasteiger partial charge in [0.25, 0.3) is 0 Å². The van der Waals surface area contributed by atoms with E-state index in [-0.39, 0.29) is 24.6 Å². The molecule has 3 aromatic heterocycles. The molecule has 0 unspecified atom stereocenters. The number of hydrogen-bond donors (Lipinski definition) is 2. The molecule has 0 fully saturated rings. The van der Waals surface area contributed by atoms with Gasteiger partial charge < -0.3 is 24.6 Å². The normalized spacial score (nSPS) is 10.9. The monoisotopic (exact) mass is 624 g/mol. The average Bonchev–Trinajstić information content (AvgIpc) is 3.72. The molecule has 0 saturated carbocycles. The summed E-state index contributed by atoms with van der Waals surface area (Å²) in [7, 11) is 0. The van der Waals surface area contributed by atoms with Gasteiger partial charge in [0.05, 0.1) is 0 Å². The Balaban J connectivity index is 0.00000110. The van der Waals surface area contributed by atoms with Gasteiger partial charge in [-0.25, -0.2) is 0 Å². The molecule has 12 nitrogen and oxygen atoms in total. The van der Waals surface area contributed by atoms with Crippen molar-refractivity contribution in [1.82, 2.24) is 39.9 Å². The maximum Gasteiger partial charge on any atom is -0.693 e. The van der Waals surface area contributed by atoms with Crippen LogP contribution in [0.1, 0.15) is 5.56 Å². The van der Waals surface area contributed by atoms with Gasteiger partial charge in [-0.2, -0.15) is 0 Å². The number of H-pyrrole nitrogens is 2. The van der Waals surface area contributed by atoms with Crippen molar-refractivity contribution < 1.29 is 15.3 Å². The van der Waals surface area contributed by atoms with Crippen molar-refractivity contribution in [2.45, 2.75) is 0 Å². The van der Waals surface area contributed by atoms with Crippen LogP contribution in [-0.2, 0) is 15.3 Å². The van der Waals surface area contributed by atoms with Crippen molar-refractivity contribution in [3.05, 3.63) is 115 Å². The molecule has 0 aliphatic carbocycles. The van der Waals surface area contributed by atoms with Crippen LogP contribution in [0.4, 0.5) is 0 Å². The van der Waals surface area contributed by atoms with Crippen LogP contribution < -0.4 is 0 Å². The number of benzene rings is 3. The van der Waals surface area contributed by atoms with Gasteiger partial charge in [-0.3, -0.25) is 0 Å². The summed E-state index contributed by atoms with van der Waals surface area (Å²) < 4.78 is 0. The first-order valence-electron chi connectivity index (χ1n) is 12.6. The Morgan fingerprint density at radius 3 is 1.43 bits per heavy atom. The maximum atomic E-state index is 4.99. The summed E-state index contributed by atoms with van der Waals surface area (Å²) in [6, 6.07) is 27.2. The fourth-order valence-electron chi connectivity index (χ4n) is 5.06. The molecule has 2 aliphatic heterocycles. The molecule has 13 heteroatoms. The van der Waals surface area contributed by atoms with E-state index in [0.717, 1.165) is 38.6 Å². The van der Waals surface area contributed by atoms with E-state index < -0.39 is 0 Å². The first kappa shape index (κ1) is 31.6. The SMILES string of the molecule is [Co]=[CH]/C=C\c1[c-]c2nc3nc(nc4[nH]c(nc5nc(nc1[nH]2)-c1ccccc1-5)c1ccccc41)-c1ccccc1-3.[NH2-].[NH2-].[NH2-].[NH2-]. The molecule has 0 amide bonds. The number of nitrogens with one attached hydrogen (secondary N) is 2. The first-order valence-corrected chi connectivity index (χ1v) is 13.2. The van der Waals surface area contributed by atoms with Gasteiger partial charge in [0.2, 0.25) is 0 Å². The number of rotatable bonds is 2. The predicted molar refractivity (Wildman–Crippen MR) is 174 cm³/mol. The topological polar surface area (TPSA) is 243 Å². The molecular weight excluding hydrogens is 599 g/mol. The third kappa shape index (κ3) is 5.11. The van der Waals surface area contributed by atoms with Crippen LogP contribution >= 0.6 is 0 Å². The van der Waals surface area contributed by atoms with Crippen molar-refractivity contribution in [3.8, 4) is 45.6 Å². The number of aromatic amines is 2. The summed E-state index contributed by atoms with van der Waals surface area (Å²) in [6.45, 7) is 0. The zero-order valence-electron chi connectivity index (χ0n) is 23.0. The average molecular weight is 625 g/mol. The Kier molecular flexibility index (Phi) is 9.01. The Labute approximate surface area is 259 Å². The first-order chi connectivity index (χ1) is 19.7. The zero-order valence-corrected chi connectivity index (χ0v) is 24.0. The molecule has 0 saturated heterocycles. The second-order valence-electron chi connectivity index (χ2n) is 9.26. The Morgan fingerprint density at radius 1 is 0.523 bits per heavy atom. The van der Waals surface area contributed by atoms with E-state index in [9.17, 15) is 0 Å². The number of nitrogens with zero attached hydrogens (tertiary/aromatic N) is 6. The van der Waals surface area contributed by atoms with E-state index >= 15 is 0 Å². The fourth-order valence-corrected chi connectivity index (χ4v) is 5.16. The summed E-state index contributed by atoms with van der Waals surface area (Å²) >= 11 is 4.25. The smallest absolute Gasteiger partial charge is 0.693 e. The van der Waals surface area contributed by atoms with E-state index in [1.807, 2.05) is 84.9 Å². The minimum absolute atomic E-state index is 0. The van der Waals surface area contributed by atoms with Gasteiger partial charge in [-0.05, 0) is 0 Å². The Morgan fingerprint density at radius 2 is 0.955 bits per heavy atom. The second-order valence-corrected chi connectivity index (χ2v) is 9.60. The van der Waals surface area contributed by atoms with Gasteiger partial charge >= 0.3 is 206 Å². The van der Waals surface area contributed by atoms with Gasteiger partial charge in [0.1, 0.15) is 0 Å². The van der Waals surface area contributed by atoms with Crippen LogP contribution in [0.5, 0.6) is 0 Å². The number of hydrogen-bond acceptors (Lipinski definition) is 6. The van der Waals surface area contributed by atoms with E-state index in [0.29, 0.717) is 45.9 Å². The van der Waals surface area contributed by atoms with Crippen LogP contribution in [0.15, 0.2) is 78.9 Å². The summed E-state index contributed by atoms with van der Waals surface area (Å²) in [4.78, 5) is 37.8. The van der Waals surface area contributed by atoms with Crippen LogP contribution in [0.25, 0.3) is 110 Å². The summed E-state index contributed by atoms with van der Waals surface area (Å²) in [5.74, 6) is 2.23. The third-order valence-corrected chi connectivity index (χ3v) is 7.06. The number of fused-ring (bicyclic) bond motifs is 17.